The van der Waals surface area contributed by atoms with E-state index in [-0.39, 0.29) is 28.4 Å². The highest BCUT2D eigenvalue weighted by Gasteiger charge is 2.51. The van der Waals surface area contributed by atoms with Crippen LogP contribution in [0.15, 0.2) is 39.5 Å². The van der Waals surface area contributed by atoms with E-state index in [1.54, 1.807) is 0 Å². The van der Waals surface area contributed by atoms with Gasteiger partial charge >= 0.3 is 0 Å². The Morgan fingerprint density at radius 1 is 0.778 bits per heavy atom. The van der Waals surface area contributed by atoms with Gasteiger partial charge in [-0.2, -0.15) is 0 Å². The monoisotopic (exact) mass is 640 g/mol. The van der Waals surface area contributed by atoms with Crippen molar-refractivity contribution in [3.05, 3.63) is 40.6 Å². The van der Waals surface area contributed by atoms with Gasteiger partial charge in [0, 0.05) is 17.7 Å². The van der Waals surface area contributed by atoms with Crippen molar-refractivity contribution >= 4 is 11.0 Å². The van der Waals surface area contributed by atoms with Gasteiger partial charge in [-0.3, -0.25) is 4.79 Å². The summed E-state index contributed by atoms with van der Waals surface area (Å²) in [5.41, 5.74) is -1.20. The van der Waals surface area contributed by atoms with Gasteiger partial charge in [-0.05, 0) is 18.2 Å². The number of methoxy groups -OCH3 is 1. The molecule has 3 aromatic rings. The number of ether oxygens (including phenoxy) is 5. The molecule has 17 heteroatoms. The average Bonchev–Trinajstić information content (AvgIpc) is 3.01. The summed E-state index contributed by atoms with van der Waals surface area (Å²) in [4.78, 5) is 13.7. The lowest BCUT2D eigenvalue weighted by Gasteiger charge is -2.45. The maximum Gasteiger partial charge on any atom is 0.239 e. The Bertz CT molecular complexity index is 1570. The minimum atomic E-state index is -2.01. The Morgan fingerprint density at radius 3 is 2.11 bits per heavy atom. The van der Waals surface area contributed by atoms with E-state index in [1.165, 1.54) is 25.3 Å². The first kappa shape index (κ1) is 32.6. The Kier molecular flexibility index (Phi) is 9.38. The lowest BCUT2D eigenvalue weighted by Crippen LogP contribution is -2.65. The van der Waals surface area contributed by atoms with Crippen LogP contribution in [0.25, 0.3) is 22.3 Å². The Labute approximate surface area is 252 Å². The maximum atomic E-state index is 13.7. The number of rotatable bonds is 8. The summed E-state index contributed by atoms with van der Waals surface area (Å²) in [6, 6.07) is 5.74. The number of aliphatic hydroxyl groups excluding tert-OH is 7. The summed E-state index contributed by atoms with van der Waals surface area (Å²) in [7, 11) is 1.27. The van der Waals surface area contributed by atoms with E-state index < -0.39 is 103 Å². The molecule has 2 aromatic carbocycles. The molecule has 2 saturated heterocycles. The maximum absolute atomic E-state index is 13.7. The number of phenolic OH excluding ortho intramolecular Hbond substituents is 3. The molecule has 0 bridgehead atoms. The van der Waals surface area contributed by atoms with Crippen molar-refractivity contribution in [2.75, 3.05) is 20.3 Å². The van der Waals surface area contributed by atoms with Crippen LogP contribution in [0.5, 0.6) is 28.7 Å². The molecule has 0 amide bonds. The third kappa shape index (κ3) is 5.98. The summed E-state index contributed by atoms with van der Waals surface area (Å²) >= 11 is 0. The summed E-state index contributed by atoms with van der Waals surface area (Å²) < 4.78 is 33.2. The first-order valence-corrected chi connectivity index (χ1v) is 13.5. The molecular weight excluding hydrogens is 608 g/mol. The first-order valence-electron chi connectivity index (χ1n) is 13.5. The number of aromatic hydroxyl groups is 3. The quantitative estimate of drug-likeness (QED) is 0.123. The van der Waals surface area contributed by atoms with Crippen molar-refractivity contribution < 1.29 is 79.2 Å². The van der Waals surface area contributed by atoms with Crippen LogP contribution in [0.1, 0.15) is 0 Å². The third-order valence-electron chi connectivity index (χ3n) is 7.56. The van der Waals surface area contributed by atoms with Gasteiger partial charge in [0.05, 0.1) is 20.3 Å². The second kappa shape index (κ2) is 12.9. The summed E-state index contributed by atoms with van der Waals surface area (Å²) in [6.45, 7) is -1.65. The van der Waals surface area contributed by atoms with E-state index >= 15 is 0 Å². The molecule has 246 valence electrons. The summed E-state index contributed by atoms with van der Waals surface area (Å²) in [6.07, 6.45) is -17.8. The fourth-order valence-electron chi connectivity index (χ4n) is 5.15. The first-order chi connectivity index (χ1) is 21.4. The van der Waals surface area contributed by atoms with E-state index in [0.717, 1.165) is 12.1 Å². The fourth-order valence-corrected chi connectivity index (χ4v) is 5.15. The molecule has 0 saturated carbocycles. The smallest absolute Gasteiger partial charge is 0.239 e. The van der Waals surface area contributed by atoms with Crippen molar-refractivity contribution in [1.29, 1.82) is 0 Å². The number of aliphatic hydroxyl groups is 7. The Hall–Kier alpha value is -3.75. The molecule has 2 aliphatic rings. The van der Waals surface area contributed by atoms with Gasteiger partial charge in [-0.25, -0.2) is 0 Å². The number of hydrogen-bond acceptors (Lipinski definition) is 17. The molecular formula is C28H32O17. The highest BCUT2D eigenvalue weighted by atomic mass is 16.7. The van der Waals surface area contributed by atoms with Gasteiger partial charge in [0.1, 0.15) is 71.3 Å². The predicted octanol–water partition coefficient (Wildman–Crippen LogP) is -2.41. The second-order valence-electron chi connectivity index (χ2n) is 10.4. The highest BCUT2D eigenvalue weighted by molar-refractivity contribution is 5.88. The summed E-state index contributed by atoms with van der Waals surface area (Å²) in [5, 5.41) is 102. The van der Waals surface area contributed by atoms with Crippen LogP contribution in [0.3, 0.4) is 0 Å². The van der Waals surface area contributed by atoms with Crippen molar-refractivity contribution in [3.8, 4) is 40.1 Å². The van der Waals surface area contributed by atoms with Crippen LogP contribution in [0, 0.1) is 0 Å². The van der Waals surface area contributed by atoms with Gasteiger partial charge in [0.25, 0.3) is 0 Å². The van der Waals surface area contributed by atoms with E-state index in [0.29, 0.717) is 0 Å². The fraction of sp³-hybridized carbons (Fsp3) is 0.464. The van der Waals surface area contributed by atoms with E-state index in [4.69, 9.17) is 28.1 Å². The van der Waals surface area contributed by atoms with Crippen LogP contribution >= 0.6 is 0 Å². The van der Waals surface area contributed by atoms with Crippen LogP contribution in [-0.2, 0) is 14.2 Å². The zero-order valence-electron chi connectivity index (χ0n) is 23.4. The van der Waals surface area contributed by atoms with E-state index in [9.17, 15) is 55.9 Å². The summed E-state index contributed by atoms with van der Waals surface area (Å²) in [5.74, 6) is -2.43. The van der Waals surface area contributed by atoms with Crippen molar-refractivity contribution in [2.24, 2.45) is 0 Å². The van der Waals surface area contributed by atoms with Gasteiger partial charge in [-0.15, -0.1) is 0 Å². The largest absolute Gasteiger partial charge is 0.508 e. The molecule has 45 heavy (non-hydrogen) atoms. The SMILES string of the molecule is COc1cc(-c2oc3cc(O)cc(O)c3c(=O)c2OC2OC(CO)C(O)C(OC3OC(CO)C(O)C(O)C3O)C2O)ccc1O. The number of phenols is 3. The van der Waals surface area contributed by atoms with Gasteiger partial charge in [-0.1, -0.05) is 0 Å². The zero-order valence-corrected chi connectivity index (χ0v) is 23.4. The number of hydrogen-bond donors (Lipinski definition) is 10. The Balaban J connectivity index is 1.56. The van der Waals surface area contributed by atoms with Gasteiger partial charge < -0.3 is 79.2 Å². The molecule has 0 aliphatic carbocycles. The minimum Gasteiger partial charge on any atom is -0.508 e. The molecule has 3 heterocycles. The topological polar surface area (TPSA) is 279 Å². The average molecular weight is 641 g/mol. The highest BCUT2D eigenvalue weighted by Crippen LogP contribution is 2.40. The molecule has 2 fully saturated rings. The van der Waals surface area contributed by atoms with Crippen LogP contribution < -0.4 is 14.9 Å². The van der Waals surface area contributed by atoms with Crippen molar-refractivity contribution in [3.63, 3.8) is 0 Å². The molecule has 1 aromatic heterocycles. The zero-order chi connectivity index (χ0) is 32.7. The van der Waals surface area contributed by atoms with Crippen molar-refractivity contribution in [2.45, 2.75) is 61.4 Å². The third-order valence-corrected chi connectivity index (χ3v) is 7.56. The standard InChI is InChI=1S/C28H32O17/c1-40-13-4-9(2-3-11(13)32)24-26(20(36)17-12(33)5-10(31)6-14(17)41-24)45-28-23(39)25(19(35)16(8-30)43-28)44-27-22(38)21(37)18(34)15(7-29)42-27/h2-6,15-16,18-19,21-23,25,27-35,37-39H,7-8H2,1H3. The molecule has 10 unspecified atom stereocenters. The predicted molar refractivity (Wildman–Crippen MR) is 146 cm³/mol. The van der Waals surface area contributed by atoms with Crippen LogP contribution in [0.4, 0.5) is 0 Å². The van der Waals surface area contributed by atoms with E-state index in [2.05, 4.69) is 0 Å². The van der Waals surface area contributed by atoms with E-state index in [1.807, 2.05) is 0 Å². The molecule has 5 rings (SSSR count). The molecule has 0 radical (unpaired) electrons. The minimum absolute atomic E-state index is 0.0367. The van der Waals surface area contributed by atoms with Crippen molar-refractivity contribution in [1.82, 2.24) is 0 Å². The Morgan fingerprint density at radius 2 is 1.44 bits per heavy atom. The molecule has 10 N–H and O–H groups in total. The normalized spacial score (nSPS) is 32.0. The lowest BCUT2D eigenvalue weighted by atomic mass is 9.97. The molecule has 0 spiro atoms. The number of benzene rings is 2. The van der Waals surface area contributed by atoms with Gasteiger partial charge in [0.2, 0.25) is 17.5 Å². The second-order valence-corrected chi connectivity index (χ2v) is 10.4. The lowest BCUT2D eigenvalue weighted by molar-refractivity contribution is -0.352. The molecule has 10 atom stereocenters. The molecule has 2 aliphatic heterocycles. The van der Waals surface area contributed by atoms with Crippen LogP contribution in [0.2, 0.25) is 0 Å². The van der Waals surface area contributed by atoms with Gasteiger partial charge in [0.15, 0.2) is 23.5 Å². The number of fused-ring (bicyclic) bond motifs is 1. The molecule has 17 nitrogen and oxygen atoms in total. The van der Waals surface area contributed by atoms with Crippen LogP contribution in [-0.4, -0.2) is 133 Å².